The number of pyridine rings is 2. The molecule has 172 valence electrons. The number of carbonyl (C=O) groups is 1. The van der Waals surface area contributed by atoms with Gasteiger partial charge in [-0.2, -0.15) is 0 Å². The van der Waals surface area contributed by atoms with Gasteiger partial charge in [-0.25, -0.2) is 4.98 Å². The van der Waals surface area contributed by atoms with Gasteiger partial charge in [0.2, 0.25) is 5.91 Å². The number of carbonyl (C=O) groups excluding carboxylic acids is 1. The molecule has 1 atom stereocenters. The number of hydrogen-bond donors (Lipinski definition) is 1. The van der Waals surface area contributed by atoms with E-state index in [1.54, 1.807) is 30.1 Å². The SMILES string of the molecule is CCCCCCC(CC)CCc1cc2c(=O)n(C)cc(-c3ccnc(NC(C)=O)c3)c2o1. The number of hydrogen-bond acceptors (Lipinski definition) is 4. The third-order valence-corrected chi connectivity index (χ3v) is 6.12. The van der Waals surface area contributed by atoms with Crippen LogP contribution in [0.4, 0.5) is 5.82 Å². The molecule has 0 saturated heterocycles. The molecule has 0 radical (unpaired) electrons. The Kier molecular flexibility index (Phi) is 8.26. The van der Waals surface area contributed by atoms with Crippen molar-refractivity contribution < 1.29 is 9.21 Å². The van der Waals surface area contributed by atoms with Crippen LogP contribution in [0.25, 0.3) is 22.1 Å². The van der Waals surface area contributed by atoms with Gasteiger partial charge in [-0.15, -0.1) is 0 Å². The highest BCUT2D eigenvalue weighted by molar-refractivity contribution is 5.93. The maximum absolute atomic E-state index is 12.8. The number of nitrogens with zero attached hydrogens (tertiary/aromatic N) is 2. The molecule has 1 unspecified atom stereocenters. The monoisotopic (exact) mass is 437 g/mol. The minimum Gasteiger partial charge on any atom is -0.460 e. The maximum atomic E-state index is 12.8. The zero-order chi connectivity index (χ0) is 23.1. The van der Waals surface area contributed by atoms with Crippen molar-refractivity contribution >= 4 is 22.7 Å². The summed E-state index contributed by atoms with van der Waals surface area (Å²) in [6, 6.07) is 5.56. The molecule has 0 aliphatic carbocycles. The Morgan fingerprint density at radius 1 is 1.19 bits per heavy atom. The van der Waals surface area contributed by atoms with Crippen LogP contribution in [0.5, 0.6) is 0 Å². The molecular formula is C26H35N3O3. The number of unbranched alkanes of at least 4 members (excludes halogenated alkanes) is 3. The van der Waals surface area contributed by atoms with Gasteiger partial charge in [-0.05, 0) is 36.1 Å². The molecule has 3 aromatic rings. The van der Waals surface area contributed by atoms with Crippen LogP contribution >= 0.6 is 0 Å². The number of aryl methyl sites for hydroxylation is 2. The lowest BCUT2D eigenvalue weighted by atomic mass is 9.93. The third kappa shape index (κ3) is 5.87. The lowest BCUT2D eigenvalue weighted by Crippen LogP contribution is -2.15. The second kappa shape index (κ2) is 11.1. The average Bonchev–Trinajstić information content (AvgIpc) is 3.20. The minimum atomic E-state index is -0.180. The lowest BCUT2D eigenvalue weighted by molar-refractivity contribution is -0.114. The van der Waals surface area contributed by atoms with Crippen LogP contribution in [0.2, 0.25) is 0 Å². The highest BCUT2D eigenvalue weighted by Gasteiger charge is 2.17. The Bertz CT molecular complexity index is 1110. The number of anilines is 1. The fourth-order valence-corrected chi connectivity index (χ4v) is 4.24. The van der Waals surface area contributed by atoms with E-state index in [1.807, 2.05) is 12.1 Å². The third-order valence-electron chi connectivity index (χ3n) is 6.12. The molecule has 3 aromatic heterocycles. The topological polar surface area (TPSA) is 77.1 Å². The van der Waals surface area contributed by atoms with Crippen molar-refractivity contribution in [3.8, 4) is 11.1 Å². The van der Waals surface area contributed by atoms with Gasteiger partial charge in [0.25, 0.3) is 5.56 Å². The average molecular weight is 438 g/mol. The van der Waals surface area contributed by atoms with Crippen molar-refractivity contribution in [2.24, 2.45) is 13.0 Å². The number of amides is 1. The first-order valence-corrected chi connectivity index (χ1v) is 11.8. The smallest absolute Gasteiger partial charge is 0.261 e. The lowest BCUT2D eigenvalue weighted by Gasteiger charge is -2.13. The summed E-state index contributed by atoms with van der Waals surface area (Å²) in [6.07, 6.45) is 12.9. The summed E-state index contributed by atoms with van der Waals surface area (Å²) in [4.78, 5) is 28.4. The van der Waals surface area contributed by atoms with Crippen molar-refractivity contribution in [3.63, 3.8) is 0 Å². The molecular weight excluding hydrogens is 402 g/mol. The van der Waals surface area contributed by atoms with Crippen molar-refractivity contribution in [1.29, 1.82) is 0 Å². The summed E-state index contributed by atoms with van der Waals surface area (Å²) in [5.41, 5.74) is 2.18. The fraction of sp³-hybridized carbons (Fsp3) is 0.500. The van der Waals surface area contributed by atoms with Gasteiger partial charge in [0.05, 0.1) is 5.39 Å². The van der Waals surface area contributed by atoms with Gasteiger partial charge < -0.3 is 14.3 Å². The van der Waals surface area contributed by atoms with Crippen LogP contribution in [0.15, 0.2) is 39.8 Å². The van der Waals surface area contributed by atoms with Crippen LogP contribution in [-0.2, 0) is 18.3 Å². The van der Waals surface area contributed by atoms with Crippen LogP contribution < -0.4 is 10.9 Å². The summed E-state index contributed by atoms with van der Waals surface area (Å²) in [6.45, 7) is 5.95. The number of fused-ring (bicyclic) bond motifs is 1. The van der Waals surface area contributed by atoms with Gasteiger partial charge >= 0.3 is 0 Å². The van der Waals surface area contributed by atoms with Gasteiger partial charge in [0, 0.05) is 38.3 Å². The molecule has 32 heavy (non-hydrogen) atoms. The van der Waals surface area contributed by atoms with Gasteiger partial charge in [0.1, 0.15) is 17.2 Å². The molecule has 0 saturated carbocycles. The standard InChI is InChI=1S/C26H35N3O3/c1-5-7-8-9-10-19(6-2)11-12-21-16-22-25(32-21)23(17-29(4)26(22)31)20-13-14-27-24(15-20)28-18(3)30/h13-17,19H,5-12H2,1-4H3,(H,27,28,30). The number of nitrogens with one attached hydrogen (secondary N) is 1. The van der Waals surface area contributed by atoms with E-state index < -0.39 is 0 Å². The number of aromatic nitrogens is 2. The normalized spacial score (nSPS) is 12.2. The fourth-order valence-electron chi connectivity index (χ4n) is 4.24. The first-order valence-electron chi connectivity index (χ1n) is 11.8. The van der Waals surface area contributed by atoms with Crippen LogP contribution in [0, 0.1) is 5.92 Å². The van der Waals surface area contributed by atoms with E-state index in [2.05, 4.69) is 24.1 Å². The summed E-state index contributed by atoms with van der Waals surface area (Å²) in [5.74, 6) is 1.83. The van der Waals surface area contributed by atoms with Crippen LogP contribution in [0.3, 0.4) is 0 Å². The molecule has 3 heterocycles. The second-order valence-corrected chi connectivity index (χ2v) is 8.69. The molecule has 0 spiro atoms. The molecule has 6 nitrogen and oxygen atoms in total. The van der Waals surface area contributed by atoms with E-state index in [-0.39, 0.29) is 11.5 Å². The number of rotatable bonds is 11. The predicted octanol–water partition coefficient (Wildman–Crippen LogP) is 6.08. The van der Waals surface area contributed by atoms with E-state index >= 15 is 0 Å². The quantitative estimate of drug-likeness (QED) is 0.369. The van der Waals surface area contributed by atoms with E-state index in [1.165, 1.54) is 45.4 Å². The largest absolute Gasteiger partial charge is 0.460 e. The molecule has 3 rings (SSSR count). The Labute approximate surface area is 190 Å². The Morgan fingerprint density at radius 2 is 2.00 bits per heavy atom. The first-order chi connectivity index (χ1) is 15.4. The molecule has 0 aliphatic rings. The van der Waals surface area contributed by atoms with Gasteiger partial charge in [-0.1, -0.05) is 52.4 Å². The van der Waals surface area contributed by atoms with Crippen LogP contribution in [0.1, 0.15) is 71.5 Å². The maximum Gasteiger partial charge on any atom is 0.261 e. The summed E-state index contributed by atoms with van der Waals surface area (Å²) < 4.78 is 7.81. The predicted molar refractivity (Wildman–Crippen MR) is 130 cm³/mol. The Balaban J connectivity index is 1.85. The summed E-state index contributed by atoms with van der Waals surface area (Å²) in [7, 11) is 1.75. The minimum absolute atomic E-state index is 0.0681. The zero-order valence-electron chi connectivity index (χ0n) is 19.7. The van der Waals surface area contributed by atoms with Crippen molar-refractivity contribution in [2.75, 3.05) is 5.32 Å². The highest BCUT2D eigenvalue weighted by Crippen LogP contribution is 2.31. The first kappa shape index (κ1) is 23.8. The molecule has 0 aliphatic heterocycles. The van der Waals surface area contributed by atoms with Crippen molar-refractivity contribution in [2.45, 2.75) is 72.1 Å². The molecule has 1 N–H and O–H groups in total. The van der Waals surface area contributed by atoms with Crippen molar-refractivity contribution in [3.05, 3.63) is 46.7 Å². The second-order valence-electron chi connectivity index (χ2n) is 8.69. The van der Waals surface area contributed by atoms with Crippen molar-refractivity contribution in [1.82, 2.24) is 9.55 Å². The van der Waals surface area contributed by atoms with E-state index in [4.69, 9.17) is 4.42 Å². The highest BCUT2D eigenvalue weighted by atomic mass is 16.3. The van der Waals surface area contributed by atoms with Gasteiger partial charge in [-0.3, -0.25) is 9.59 Å². The zero-order valence-corrected chi connectivity index (χ0v) is 19.7. The molecule has 6 heteroatoms. The number of furan rings is 1. The van der Waals surface area contributed by atoms with E-state index in [9.17, 15) is 9.59 Å². The van der Waals surface area contributed by atoms with E-state index in [0.717, 1.165) is 29.7 Å². The Morgan fingerprint density at radius 3 is 2.72 bits per heavy atom. The summed E-state index contributed by atoms with van der Waals surface area (Å²) in [5, 5.41) is 3.30. The van der Waals surface area contributed by atoms with Crippen LogP contribution in [-0.4, -0.2) is 15.5 Å². The van der Waals surface area contributed by atoms with E-state index in [0.29, 0.717) is 22.7 Å². The molecule has 0 bridgehead atoms. The molecule has 0 aromatic carbocycles. The molecule has 0 fully saturated rings. The summed E-state index contributed by atoms with van der Waals surface area (Å²) >= 11 is 0. The van der Waals surface area contributed by atoms with Gasteiger partial charge in [0.15, 0.2) is 0 Å². The Hall–Kier alpha value is -2.89. The molecule has 1 amide bonds.